The summed E-state index contributed by atoms with van der Waals surface area (Å²) in [5.41, 5.74) is 13.7. The molecule has 11 rings (SSSR count). The first-order chi connectivity index (χ1) is 25.3. The molecule has 0 bridgehead atoms. The molecule has 0 spiro atoms. The quantitative estimate of drug-likeness (QED) is 0.186. The van der Waals surface area contributed by atoms with Crippen LogP contribution in [0.15, 0.2) is 186 Å². The molecule has 51 heavy (non-hydrogen) atoms. The van der Waals surface area contributed by atoms with Crippen molar-refractivity contribution < 1.29 is 4.42 Å². The topological polar surface area (TPSA) is 23.0 Å². The van der Waals surface area contributed by atoms with E-state index < -0.39 is 0 Å². The van der Waals surface area contributed by atoms with Crippen LogP contribution in [0.3, 0.4) is 0 Å². The number of rotatable bonds is 4. The van der Waals surface area contributed by atoms with Crippen LogP contribution in [0.2, 0.25) is 0 Å². The Balaban J connectivity index is 0.974. The van der Waals surface area contributed by atoms with E-state index in [0.29, 0.717) is 0 Å². The molecule has 0 N–H and O–H groups in total. The molecule has 3 nitrogen and oxygen atoms in total. The van der Waals surface area contributed by atoms with Gasteiger partial charge in [-0.15, -0.1) is 0 Å². The van der Waals surface area contributed by atoms with E-state index in [1.165, 1.54) is 65.9 Å². The first-order valence-electron chi connectivity index (χ1n) is 17.4. The Labute approximate surface area is 293 Å². The molecular weight excluding hydrogens is 621 g/mol. The lowest BCUT2D eigenvalue weighted by Gasteiger charge is -2.12. The number of benzene rings is 8. The van der Waals surface area contributed by atoms with Crippen molar-refractivity contribution in [2.24, 2.45) is 0 Å². The van der Waals surface area contributed by atoms with Crippen LogP contribution in [-0.4, -0.2) is 9.13 Å². The molecule has 0 aliphatic carbocycles. The Hall–Kier alpha value is -6.84. The largest absolute Gasteiger partial charge is 0.456 e. The fourth-order valence-corrected chi connectivity index (χ4v) is 8.22. The van der Waals surface area contributed by atoms with Gasteiger partial charge < -0.3 is 13.6 Å². The van der Waals surface area contributed by atoms with Crippen LogP contribution in [0.1, 0.15) is 0 Å². The van der Waals surface area contributed by atoms with Gasteiger partial charge in [0.2, 0.25) is 0 Å². The van der Waals surface area contributed by atoms with Crippen LogP contribution in [0.25, 0.3) is 99.2 Å². The van der Waals surface area contributed by atoms with Crippen molar-refractivity contribution in [3.8, 4) is 33.6 Å². The molecule has 3 heteroatoms. The van der Waals surface area contributed by atoms with Crippen molar-refractivity contribution in [2.45, 2.75) is 0 Å². The Kier molecular flexibility index (Phi) is 5.96. The highest BCUT2D eigenvalue weighted by Gasteiger charge is 2.19. The highest BCUT2D eigenvalue weighted by atomic mass is 16.3. The Bertz CT molecular complexity index is 3070. The molecule has 3 aromatic heterocycles. The number of para-hydroxylation sites is 4. The minimum Gasteiger partial charge on any atom is -0.456 e. The van der Waals surface area contributed by atoms with Crippen molar-refractivity contribution in [1.82, 2.24) is 9.13 Å². The SMILES string of the molecule is c1cc(-c2ccc(-c3ccc(-n4c5ccccc5c5ccc6oc7ccccc7c6c54)cc3)cc2)cc(-n2c3ccccc3c3ccccc32)c1. The van der Waals surface area contributed by atoms with Crippen molar-refractivity contribution in [3.05, 3.63) is 182 Å². The molecule has 8 aromatic carbocycles. The van der Waals surface area contributed by atoms with Crippen LogP contribution in [0, 0.1) is 0 Å². The smallest absolute Gasteiger partial charge is 0.137 e. The van der Waals surface area contributed by atoms with E-state index in [1.54, 1.807) is 0 Å². The van der Waals surface area contributed by atoms with E-state index in [2.05, 4.69) is 185 Å². The number of furan rings is 1. The van der Waals surface area contributed by atoms with Gasteiger partial charge in [0.1, 0.15) is 11.2 Å². The van der Waals surface area contributed by atoms with Gasteiger partial charge in [-0.25, -0.2) is 0 Å². The highest BCUT2D eigenvalue weighted by molar-refractivity contribution is 6.24. The summed E-state index contributed by atoms with van der Waals surface area (Å²) in [5.74, 6) is 0. The molecule has 0 fully saturated rings. The summed E-state index contributed by atoms with van der Waals surface area (Å²) in [6.45, 7) is 0. The second-order valence-corrected chi connectivity index (χ2v) is 13.3. The molecule has 0 unspecified atom stereocenters. The zero-order valence-electron chi connectivity index (χ0n) is 27.6. The van der Waals surface area contributed by atoms with Gasteiger partial charge >= 0.3 is 0 Å². The Morgan fingerprint density at radius 2 is 0.843 bits per heavy atom. The average Bonchev–Trinajstić information content (AvgIpc) is 3.86. The fraction of sp³-hybridized carbons (Fsp3) is 0. The van der Waals surface area contributed by atoms with Gasteiger partial charge in [-0.1, -0.05) is 121 Å². The van der Waals surface area contributed by atoms with Crippen LogP contribution in [-0.2, 0) is 0 Å². The second kappa shape index (κ2) is 10.8. The molecule has 0 aliphatic heterocycles. The third-order valence-electron chi connectivity index (χ3n) is 10.5. The van der Waals surface area contributed by atoms with Gasteiger partial charge in [0.05, 0.1) is 27.5 Å². The maximum absolute atomic E-state index is 6.31. The molecule has 0 saturated heterocycles. The summed E-state index contributed by atoms with van der Waals surface area (Å²) in [5, 5.41) is 7.30. The van der Waals surface area contributed by atoms with Gasteiger partial charge in [-0.05, 0) is 82.9 Å². The van der Waals surface area contributed by atoms with Crippen molar-refractivity contribution in [2.75, 3.05) is 0 Å². The molecule has 0 amide bonds. The van der Waals surface area contributed by atoms with E-state index in [0.717, 1.165) is 33.3 Å². The summed E-state index contributed by atoms with van der Waals surface area (Å²) >= 11 is 0. The summed E-state index contributed by atoms with van der Waals surface area (Å²) in [6, 6.07) is 65.4. The van der Waals surface area contributed by atoms with E-state index in [4.69, 9.17) is 4.42 Å². The number of aromatic nitrogens is 2. The number of hydrogen-bond acceptors (Lipinski definition) is 1. The van der Waals surface area contributed by atoms with Gasteiger partial charge in [-0.3, -0.25) is 0 Å². The predicted molar refractivity (Wildman–Crippen MR) is 213 cm³/mol. The van der Waals surface area contributed by atoms with E-state index in [-0.39, 0.29) is 0 Å². The Morgan fingerprint density at radius 1 is 0.314 bits per heavy atom. The summed E-state index contributed by atoms with van der Waals surface area (Å²) in [7, 11) is 0. The summed E-state index contributed by atoms with van der Waals surface area (Å²) < 4.78 is 11.1. The summed E-state index contributed by atoms with van der Waals surface area (Å²) in [4.78, 5) is 0. The zero-order chi connectivity index (χ0) is 33.5. The minimum absolute atomic E-state index is 0.907. The first kappa shape index (κ1) is 28.0. The number of hydrogen-bond donors (Lipinski definition) is 0. The first-order valence-corrected chi connectivity index (χ1v) is 17.4. The molecule has 238 valence electrons. The predicted octanol–water partition coefficient (Wildman–Crippen LogP) is 13.1. The highest BCUT2D eigenvalue weighted by Crippen LogP contribution is 2.41. The van der Waals surface area contributed by atoms with Crippen LogP contribution >= 0.6 is 0 Å². The third kappa shape index (κ3) is 4.19. The van der Waals surface area contributed by atoms with Crippen molar-refractivity contribution in [1.29, 1.82) is 0 Å². The Morgan fingerprint density at radius 3 is 1.51 bits per heavy atom. The maximum atomic E-state index is 6.31. The molecule has 0 aliphatic rings. The second-order valence-electron chi connectivity index (χ2n) is 13.3. The number of fused-ring (bicyclic) bond motifs is 10. The van der Waals surface area contributed by atoms with Gasteiger partial charge in [-0.2, -0.15) is 0 Å². The lowest BCUT2D eigenvalue weighted by atomic mass is 10.00. The van der Waals surface area contributed by atoms with Crippen molar-refractivity contribution >= 4 is 65.6 Å². The van der Waals surface area contributed by atoms with Crippen LogP contribution in [0.4, 0.5) is 0 Å². The molecule has 0 saturated carbocycles. The van der Waals surface area contributed by atoms with Gasteiger partial charge in [0, 0.05) is 38.3 Å². The standard InChI is InChI=1S/C48H30N2O/c1-5-16-42-37(12-1)38-13-2-6-17-43(38)49(42)36-11-9-10-34(30-36)33-22-20-31(21-23-33)32-24-26-35(27-25-32)50-44-18-7-3-14-39(44)40-28-29-46-47(48(40)50)41-15-4-8-19-45(41)51-46/h1-30H. The lowest BCUT2D eigenvalue weighted by molar-refractivity contribution is 0.669. The molecule has 0 atom stereocenters. The lowest BCUT2D eigenvalue weighted by Crippen LogP contribution is -1.94. The van der Waals surface area contributed by atoms with Gasteiger partial charge in [0.25, 0.3) is 0 Å². The molecule has 11 aromatic rings. The van der Waals surface area contributed by atoms with Crippen molar-refractivity contribution in [3.63, 3.8) is 0 Å². The summed E-state index contributed by atoms with van der Waals surface area (Å²) in [6.07, 6.45) is 0. The maximum Gasteiger partial charge on any atom is 0.137 e. The van der Waals surface area contributed by atoms with E-state index in [9.17, 15) is 0 Å². The normalized spacial score (nSPS) is 11.9. The van der Waals surface area contributed by atoms with Crippen LogP contribution in [0.5, 0.6) is 0 Å². The fourth-order valence-electron chi connectivity index (χ4n) is 8.22. The van der Waals surface area contributed by atoms with Crippen LogP contribution < -0.4 is 0 Å². The number of nitrogens with zero attached hydrogens (tertiary/aromatic N) is 2. The molecule has 3 heterocycles. The van der Waals surface area contributed by atoms with E-state index in [1.807, 2.05) is 6.07 Å². The van der Waals surface area contributed by atoms with E-state index >= 15 is 0 Å². The zero-order valence-corrected chi connectivity index (χ0v) is 27.6. The molecular formula is C48H30N2O. The van der Waals surface area contributed by atoms with Gasteiger partial charge in [0.15, 0.2) is 0 Å². The monoisotopic (exact) mass is 650 g/mol. The molecule has 0 radical (unpaired) electrons. The third-order valence-corrected chi connectivity index (χ3v) is 10.5. The minimum atomic E-state index is 0.907. The average molecular weight is 651 g/mol.